The Kier molecular flexibility index (Phi) is 5.42. The Bertz CT molecular complexity index is 1020. The molecule has 0 aliphatic rings. The van der Waals surface area contributed by atoms with Crippen LogP contribution in [0, 0.1) is 39.0 Å². The molecule has 0 fully saturated rings. The minimum Gasteiger partial charge on any atom is -0.391 e. The van der Waals surface area contributed by atoms with Gasteiger partial charge in [-0.15, -0.1) is 0 Å². The van der Waals surface area contributed by atoms with Crippen LogP contribution >= 0.6 is 0 Å². The van der Waals surface area contributed by atoms with Crippen LogP contribution in [0.1, 0.15) is 39.2 Å². The molecule has 1 heterocycles. The Labute approximate surface area is 160 Å². The highest BCUT2D eigenvalue weighted by Crippen LogP contribution is 2.25. The third-order valence-corrected chi connectivity index (χ3v) is 4.76. The van der Waals surface area contributed by atoms with E-state index in [0.717, 1.165) is 22.5 Å². The molecule has 1 aromatic heterocycles. The summed E-state index contributed by atoms with van der Waals surface area (Å²) in [6, 6.07) is 18.0. The topological polar surface area (TPSA) is 50.3 Å². The maximum absolute atomic E-state index is 9.13. The third kappa shape index (κ3) is 3.78. The van der Waals surface area contributed by atoms with Crippen molar-refractivity contribution in [2.24, 2.45) is 5.16 Å². The lowest BCUT2D eigenvalue weighted by Crippen LogP contribution is -2.04. The number of nitriles is 1. The molecule has 0 aliphatic heterocycles. The van der Waals surface area contributed by atoms with Crippen LogP contribution in [0.15, 0.2) is 53.7 Å². The largest absolute Gasteiger partial charge is 0.391 e. The third-order valence-electron chi connectivity index (χ3n) is 4.76. The summed E-state index contributed by atoms with van der Waals surface area (Å²) >= 11 is 0. The second-order valence-corrected chi connectivity index (χ2v) is 6.68. The zero-order chi connectivity index (χ0) is 19.4. The fourth-order valence-electron chi connectivity index (χ4n) is 3.38. The van der Waals surface area contributed by atoms with Crippen LogP contribution in [-0.4, -0.2) is 10.8 Å². The standard InChI is InChI=1S/C23H23N3O/c1-16-8-7-9-17(2)23(16)26-18(3)12-22(19(26)4)14-25-27-15-21-11-6-5-10-20(21)13-24/h5-12,14H,15H2,1-4H3/b25-14-. The highest BCUT2D eigenvalue weighted by atomic mass is 16.6. The van der Waals surface area contributed by atoms with Crippen molar-refractivity contribution in [3.63, 3.8) is 0 Å². The van der Waals surface area contributed by atoms with Gasteiger partial charge >= 0.3 is 0 Å². The number of benzene rings is 2. The molecular weight excluding hydrogens is 334 g/mol. The zero-order valence-electron chi connectivity index (χ0n) is 16.2. The van der Waals surface area contributed by atoms with Gasteiger partial charge in [-0.1, -0.05) is 41.6 Å². The van der Waals surface area contributed by atoms with Crippen molar-refractivity contribution < 1.29 is 4.84 Å². The van der Waals surface area contributed by atoms with E-state index in [4.69, 9.17) is 10.1 Å². The molecule has 3 aromatic rings. The van der Waals surface area contributed by atoms with E-state index in [1.54, 1.807) is 12.3 Å². The van der Waals surface area contributed by atoms with Crippen molar-refractivity contribution in [1.82, 2.24) is 4.57 Å². The molecule has 0 amide bonds. The summed E-state index contributed by atoms with van der Waals surface area (Å²) in [6.07, 6.45) is 1.74. The van der Waals surface area contributed by atoms with Crippen LogP contribution in [0.3, 0.4) is 0 Å². The van der Waals surface area contributed by atoms with Crippen molar-refractivity contribution in [3.05, 3.63) is 87.7 Å². The van der Waals surface area contributed by atoms with Crippen LogP contribution in [0.5, 0.6) is 0 Å². The van der Waals surface area contributed by atoms with Gasteiger partial charge in [0.05, 0.1) is 23.5 Å². The fraction of sp³-hybridized carbons (Fsp3) is 0.217. The molecule has 0 N–H and O–H groups in total. The number of hydrogen-bond acceptors (Lipinski definition) is 3. The van der Waals surface area contributed by atoms with E-state index in [0.29, 0.717) is 5.56 Å². The van der Waals surface area contributed by atoms with E-state index in [1.807, 2.05) is 18.2 Å². The molecule has 4 nitrogen and oxygen atoms in total. The first-order valence-electron chi connectivity index (χ1n) is 8.91. The van der Waals surface area contributed by atoms with E-state index in [1.165, 1.54) is 16.8 Å². The van der Waals surface area contributed by atoms with Gasteiger partial charge in [0.15, 0.2) is 0 Å². The summed E-state index contributed by atoms with van der Waals surface area (Å²) in [6.45, 7) is 8.72. The average Bonchev–Trinajstić information content (AvgIpc) is 2.93. The first-order chi connectivity index (χ1) is 13.0. The highest BCUT2D eigenvalue weighted by molar-refractivity contribution is 5.82. The van der Waals surface area contributed by atoms with E-state index in [2.05, 4.69) is 67.8 Å². The van der Waals surface area contributed by atoms with Crippen molar-refractivity contribution in [2.75, 3.05) is 0 Å². The molecule has 0 spiro atoms. The Hall–Kier alpha value is -3.32. The van der Waals surface area contributed by atoms with Gasteiger partial charge < -0.3 is 9.40 Å². The predicted molar refractivity (Wildman–Crippen MR) is 108 cm³/mol. The smallest absolute Gasteiger partial charge is 0.143 e. The molecule has 27 heavy (non-hydrogen) atoms. The van der Waals surface area contributed by atoms with Crippen LogP contribution < -0.4 is 0 Å². The van der Waals surface area contributed by atoms with Crippen LogP contribution in [-0.2, 0) is 11.4 Å². The van der Waals surface area contributed by atoms with Gasteiger partial charge in [-0.05, 0) is 51.0 Å². The van der Waals surface area contributed by atoms with Gasteiger partial charge in [0, 0.05) is 22.5 Å². The van der Waals surface area contributed by atoms with E-state index in [-0.39, 0.29) is 6.61 Å². The summed E-state index contributed by atoms with van der Waals surface area (Å²) in [4.78, 5) is 5.43. The lowest BCUT2D eigenvalue weighted by Gasteiger charge is -2.15. The Morgan fingerprint density at radius 3 is 2.44 bits per heavy atom. The fourth-order valence-corrected chi connectivity index (χ4v) is 3.38. The molecule has 0 saturated heterocycles. The molecule has 0 aliphatic carbocycles. The zero-order valence-corrected chi connectivity index (χ0v) is 16.2. The summed E-state index contributed by atoms with van der Waals surface area (Å²) in [5.41, 5.74) is 8.43. The van der Waals surface area contributed by atoms with Crippen molar-refractivity contribution >= 4 is 6.21 Å². The Balaban J connectivity index is 1.81. The van der Waals surface area contributed by atoms with Crippen molar-refractivity contribution in [2.45, 2.75) is 34.3 Å². The van der Waals surface area contributed by atoms with Gasteiger partial charge in [0.2, 0.25) is 0 Å². The molecule has 0 atom stereocenters. The minimum absolute atomic E-state index is 0.274. The second kappa shape index (κ2) is 7.92. The molecular formula is C23H23N3O. The molecule has 4 heteroatoms. The van der Waals surface area contributed by atoms with Gasteiger partial charge in [0.25, 0.3) is 0 Å². The Morgan fingerprint density at radius 2 is 1.74 bits per heavy atom. The van der Waals surface area contributed by atoms with Gasteiger partial charge in [-0.25, -0.2) is 0 Å². The number of rotatable bonds is 5. The normalized spacial score (nSPS) is 10.9. The SMILES string of the molecule is Cc1cccc(C)c1-n1c(C)cc(/C=N\OCc2ccccc2C#N)c1C. The molecule has 2 aromatic carbocycles. The number of nitrogens with zero attached hydrogens (tertiary/aromatic N) is 3. The van der Waals surface area contributed by atoms with E-state index in [9.17, 15) is 0 Å². The molecule has 0 saturated carbocycles. The van der Waals surface area contributed by atoms with Gasteiger partial charge in [0.1, 0.15) is 6.61 Å². The monoisotopic (exact) mass is 357 g/mol. The van der Waals surface area contributed by atoms with E-state index >= 15 is 0 Å². The molecule has 136 valence electrons. The van der Waals surface area contributed by atoms with Crippen LogP contribution in [0.4, 0.5) is 0 Å². The average molecular weight is 357 g/mol. The highest BCUT2D eigenvalue weighted by Gasteiger charge is 2.13. The van der Waals surface area contributed by atoms with E-state index < -0.39 is 0 Å². The maximum Gasteiger partial charge on any atom is 0.143 e. The minimum atomic E-state index is 0.274. The summed E-state index contributed by atoms with van der Waals surface area (Å²) < 4.78 is 2.26. The summed E-state index contributed by atoms with van der Waals surface area (Å²) in [5.74, 6) is 0. The maximum atomic E-state index is 9.13. The predicted octanol–water partition coefficient (Wildman–Crippen LogP) is 5.13. The van der Waals surface area contributed by atoms with Crippen molar-refractivity contribution in [3.8, 4) is 11.8 Å². The molecule has 0 radical (unpaired) electrons. The Morgan fingerprint density at radius 1 is 1.04 bits per heavy atom. The van der Waals surface area contributed by atoms with Gasteiger partial charge in [-0.3, -0.25) is 0 Å². The number of para-hydroxylation sites is 1. The number of hydrogen-bond donors (Lipinski definition) is 0. The van der Waals surface area contributed by atoms with Crippen molar-refractivity contribution in [1.29, 1.82) is 5.26 Å². The lowest BCUT2D eigenvalue weighted by atomic mass is 10.1. The van der Waals surface area contributed by atoms with Gasteiger partial charge in [-0.2, -0.15) is 5.26 Å². The quantitative estimate of drug-likeness (QED) is 0.469. The lowest BCUT2D eigenvalue weighted by molar-refractivity contribution is 0.132. The molecule has 3 rings (SSSR count). The number of aromatic nitrogens is 1. The number of aryl methyl sites for hydroxylation is 3. The summed E-state index contributed by atoms with van der Waals surface area (Å²) in [5, 5.41) is 13.2. The first-order valence-corrected chi connectivity index (χ1v) is 8.91. The summed E-state index contributed by atoms with van der Waals surface area (Å²) in [7, 11) is 0. The number of oxime groups is 1. The molecule has 0 bridgehead atoms. The molecule has 0 unspecified atom stereocenters. The first kappa shape index (κ1) is 18.5. The van der Waals surface area contributed by atoms with Crippen LogP contribution in [0.2, 0.25) is 0 Å². The van der Waals surface area contributed by atoms with Crippen LogP contribution in [0.25, 0.3) is 5.69 Å². The second-order valence-electron chi connectivity index (χ2n) is 6.68.